The third kappa shape index (κ3) is 4.33. The Morgan fingerprint density at radius 1 is 1.03 bits per heavy atom. The van der Waals surface area contributed by atoms with Gasteiger partial charge in [-0.1, -0.05) is 17.4 Å². The Balaban J connectivity index is 1.41. The molecule has 4 rings (SSSR count). The molecule has 4 heterocycles. The number of thiazole rings is 1. The van der Waals surface area contributed by atoms with Gasteiger partial charge in [0.25, 0.3) is 0 Å². The quantitative estimate of drug-likeness (QED) is 0.648. The van der Waals surface area contributed by atoms with E-state index in [1.165, 1.54) is 6.07 Å². The molecule has 0 amide bonds. The molecule has 0 radical (unpaired) electrons. The Labute approximate surface area is 168 Å². The van der Waals surface area contributed by atoms with Crippen LogP contribution < -0.4 is 9.77 Å². The van der Waals surface area contributed by atoms with E-state index < -0.39 is 11.7 Å². The predicted octanol–water partition coefficient (Wildman–Crippen LogP) is 3.17. The molecule has 0 unspecified atom stereocenters. The van der Waals surface area contributed by atoms with Crippen LogP contribution in [0.15, 0.2) is 52.9 Å². The van der Waals surface area contributed by atoms with Crippen molar-refractivity contribution in [2.24, 2.45) is 0 Å². The lowest BCUT2D eigenvalue weighted by Gasteiger charge is -2.35. The number of anilines is 1. The molecule has 0 bridgehead atoms. The van der Waals surface area contributed by atoms with Crippen LogP contribution in [0.2, 0.25) is 0 Å². The molecule has 0 aromatic carbocycles. The first-order chi connectivity index (χ1) is 13.9. The van der Waals surface area contributed by atoms with Crippen molar-refractivity contribution in [2.45, 2.75) is 12.8 Å². The van der Waals surface area contributed by atoms with E-state index in [0.29, 0.717) is 38.7 Å². The lowest BCUT2D eigenvalue weighted by molar-refractivity contribution is -0.137. The highest BCUT2D eigenvalue weighted by Gasteiger charge is 2.31. The molecule has 6 nitrogen and oxygen atoms in total. The Morgan fingerprint density at radius 2 is 1.83 bits per heavy atom. The van der Waals surface area contributed by atoms with Gasteiger partial charge in [0.1, 0.15) is 5.82 Å². The van der Waals surface area contributed by atoms with Gasteiger partial charge in [-0.25, -0.2) is 4.98 Å². The van der Waals surface area contributed by atoms with Crippen molar-refractivity contribution in [3.05, 3.63) is 63.3 Å². The van der Waals surface area contributed by atoms with Gasteiger partial charge < -0.3 is 4.90 Å². The highest BCUT2D eigenvalue weighted by atomic mass is 32.1. The molecule has 3 aromatic heterocycles. The highest BCUT2D eigenvalue weighted by Crippen LogP contribution is 2.29. The van der Waals surface area contributed by atoms with Gasteiger partial charge in [0, 0.05) is 44.0 Å². The minimum absolute atomic E-state index is 0.0440. The van der Waals surface area contributed by atoms with Crippen LogP contribution in [-0.2, 0) is 12.8 Å². The van der Waals surface area contributed by atoms with Gasteiger partial charge in [-0.3, -0.25) is 19.2 Å². The minimum Gasteiger partial charge on any atom is -0.354 e. The van der Waals surface area contributed by atoms with Crippen LogP contribution in [0.5, 0.6) is 0 Å². The molecule has 0 atom stereocenters. The molecule has 29 heavy (non-hydrogen) atoms. The van der Waals surface area contributed by atoms with Crippen molar-refractivity contribution < 1.29 is 13.2 Å². The van der Waals surface area contributed by atoms with Crippen molar-refractivity contribution in [2.75, 3.05) is 31.1 Å². The maximum absolute atomic E-state index is 12.7. The molecule has 1 aliphatic heterocycles. The second kappa shape index (κ2) is 7.96. The average Bonchev–Trinajstić information content (AvgIpc) is 3.09. The van der Waals surface area contributed by atoms with Crippen molar-refractivity contribution in [1.29, 1.82) is 0 Å². The van der Waals surface area contributed by atoms with Crippen LogP contribution in [0.25, 0.3) is 11.4 Å². The maximum Gasteiger partial charge on any atom is 0.417 e. The van der Waals surface area contributed by atoms with E-state index in [2.05, 4.69) is 14.9 Å². The van der Waals surface area contributed by atoms with Crippen LogP contribution in [0, 0.1) is 0 Å². The molecule has 1 aliphatic rings. The topological polar surface area (TPSA) is 54.3 Å². The van der Waals surface area contributed by atoms with Gasteiger partial charge in [0.2, 0.25) is 0 Å². The SMILES string of the molecule is O=c1scc(-c2ccccn2)n1CN1CCN(c2ccc(C(F)(F)F)cn2)CC1. The molecule has 1 saturated heterocycles. The summed E-state index contributed by atoms with van der Waals surface area (Å²) < 4.78 is 39.8. The Bertz CT molecular complexity index is 1010. The number of hydrogen-bond donors (Lipinski definition) is 0. The first-order valence-electron chi connectivity index (χ1n) is 9.02. The molecule has 1 fully saturated rings. The van der Waals surface area contributed by atoms with Crippen molar-refractivity contribution >= 4 is 17.2 Å². The van der Waals surface area contributed by atoms with Crippen LogP contribution in [0.3, 0.4) is 0 Å². The monoisotopic (exact) mass is 421 g/mol. The fourth-order valence-corrected chi connectivity index (χ4v) is 3.98. The number of piperazine rings is 1. The molecular formula is C19H18F3N5OS. The van der Waals surface area contributed by atoms with E-state index in [4.69, 9.17) is 0 Å². The fraction of sp³-hybridized carbons (Fsp3) is 0.316. The largest absolute Gasteiger partial charge is 0.417 e. The summed E-state index contributed by atoms with van der Waals surface area (Å²) in [6.07, 6.45) is -1.83. The van der Waals surface area contributed by atoms with Crippen LogP contribution >= 0.6 is 11.3 Å². The Hall–Kier alpha value is -2.72. The molecule has 0 saturated carbocycles. The molecule has 3 aromatic rings. The average molecular weight is 421 g/mol. The number of alkyl halides is 3. The standard InChI is InChI=1S/C19H18F3N5OS/c20-19(21,22)14-4-5-17(24-11-14)26-9-7-25(8-10-26)13-27-16(12-29-18(27)28)15-3-1-2-6-23-15/h1-6,11-12H,7-10,13H2. The number of rotatable bonds is 4. The third-order valence-electron chi connectivity index (χ3n) is 4.82. The summed E-state index contributed by atoms with van der Waals surface area (Å²) in [6, 6.07) is 8.03. The van der Waals surface area contributed by atoms with E-state index in [0.717, 1.165) is 35.0 Å². The highest BCUT2D eigenvalue weighted by molar-refractivity contribution is 7.07. The van der Waals surface area contributed by atoms with Crippen molar-refractivity contribution in [3.63, 3.8) is 0 Å². The smallest absolute Gasteiger partial charge is 0.354 e. The predicted molar refractivity (Wildman–Crippen MR) is 105 cm³/mol. The van der Waals surface area contributed by atoms with Crippen molar-refractivity contribution in [1.82, 2.24) is 19.4 Å². The number of aromatic nitrogens is 3. The zero-order valence-corrected chi connectivity index (χ0v) is 16.2. The van der Waals surface area contributed by atoms with E-state index in [9.17, 15) is 18.0 Å². The van der Waals surface area contributed by atoms with Crippen LogP contribution in [0.1, 0.15) is 5.56 Å². The maximum atomic E-state index is 12.7. The molecule has 0 N–H and O–H groups in total. The lowest BCUT2D eigenvalue weighted by Crippen LogP contribution is -2.47. The fourth-order valence-electron chi connectivity index (χ4n) is 3.24. The first kappa shape index (κ1) is 19.6. The normalized spacial score (nSPS) is 15.6. The number of hydrogen-bond acceptors (Lipinski definition) is 6. The number of halogens is 3. The zero-order chi connectivity index (χ0) is 20.4. The summed E-state index contributed by atoms with van der Waals surface area (Å²) in [5.74, 6) is 0.527. The van der Waals surface area contributed by atoms with E-state index in [-0.39, 0.29) is 4.87 Å². The van der Waals surface area contributed by atoms with E-state index >= 15 is 0 Å². The van der Waals surface area contributed by atoms with Gasteiger partial charge in [-0.2, -0.15) is 13.2 Å². The summed E-state index contributed by atoms with van der Waals surface area (Å²) in [5, 5.41) is 1.81. The number of nitrogens with zero attached hydrogens (tertiary/aromatic N) is 5. The second-order valence-corrected chi connectivity index (χ2v) is 7.50. The van der Waals surface area contributed by atoms with Crippen molar-refractivity contribution in [3.8, 4) is 11.4 Å². The molecular weight excluding hydrogens is 403 g/mol. The van der Waals surface area contributed by atoms with E-state index in [1.807, 2.05) is 28.5 Å². The van der Waals surface area contributed by atoms with Crippen LogP contribution in [-0.4, -0.2) is 45.6 Å². The van der Waals surface area contributed by atoms with Gasteiger partial charge in [0.15, 0.2) is 0 Å². The number of pyridine rings is 2. The summed E-state index contributed by atoms with van der Waals surface area (Å²) in [6.45, 7) is 3.04. The van der Waals surface area contributed by atoms with Crippen LogP contribution in [0.4, 0.5) is 19.0 Å². The first-order valence-corrected chi connectivity index (χ1v) is 9.90. The molecule has 0 spiro atoms. The van der Waals surface area contributed by atoms with E-state index in [1.54, 1.807) is 10.8 Å². The summed E-state index contributed by atoms with van der Waals surface area (Å²) in [7, 11) is 0. The summed E-state index contributed by atoms with van der Waals surface area (Å²) in [4.78, 5) is 24.6. The van der Waals surface area contributed by atoms with Gasteiger partial charge in [-0.05, 0) is 24.3 Å². The summed E-state index contributed by atoms with van der Waals surface area (Å²) in [5.41, 5.74) is 0.782. The second-order valence-electron chi connectivity index (χ2n) is 6.68. The lowest BCUT2D eigenvalue weighted by atomic mass is 10.2. The Kier molecular flexibility index (Phi) is 5.37. The third-order valence-corrected chi connectivity index (χ3v) is 5.59. The Morgan fingerprint density at radius 3 is 2.45 bits per heavy atom. The van der Waals surface area contributed by atoms with Gasteiger partial charge in [-0.15, -0.1) is 0 Å². The zero-order valence-electron chi connectivity index (χ0n) is 15.3. The summed E-state index contributed by atoms with van der Waals surface area (Å²) >= 11 is 1.14. The molecule has 0 aliphatic carbocycles. The minimum atomic E-state index is -4.39. The molecule has 10 heteroatoms. The van der Waals surface area contributed by atoms with Gasteiger partial charge in [0.05, 0.1) is 23.6 Å². The van der Waals surface area contributed by atoms with Gasteiger partial charge >= 0.3 is 11.0 Å². The molecule has 152 valence electrons.